The van der Waals surface area contributed by atoms with Crippen molar-refractivity contribution in [2.45, 2.75) is 33.3 Å². The molecule has 0 aliphatic heterocycles. The van der Waals surface area contributed by atoms with E-state index in [0.717, 1.165) is 27.4 Å². The number of thiophene rings is 1. The van der Waals surface area contributed by atoms with E-state index >= 15 is 0 Å². The molecule has 1 aromatic heterocycles. The van der Waals surface area contributed by atoms with Crippen LogP contribution in [0, 0.1) is 6.92 Å². The summed E-state index contributed by atoms with van der Waals surface area (Å²) >= 11 is 1.51. The maximum atomic E-state index is 10.7. The summed E-state index contributed by atoms with van der Waals surface area (Å²) in [5.74, 6) is 1.39. The number of rotatable bonds is 5. The quantitative estimate of drug-likeness (QED) is 0.746. The van der Waals surface area contributed by atoms with Gasteiger partial charge in [-0.1, -0.05) is 26.0 Å². The average Bonchev–Trinajstić information content (AvgIpc) is 2.77. The Balaban J connectivity index is 2.01. The lowest BCUT2D eigenvalue weighted by atomic mass is 10.0. The van der Waals surface area contributed by atoms with Crippen molar-refractivity contribution >= 4 is 17.6 Å². The molecule has 1 aromatic carbocycles. The highest BCUT2D eigenvalue weighted by Gasteiger charge is 2.06. The Morgan fingerprint density at radius 3 is 2.47 bits per heavy atom. The van der Waals surface area contributed by atoms with Gasteiger partial charge in [0.15, 0.2) is 6.29 Å². The highest BCUT2D eigenvalue weighted by atomic mass is 32.1. The van der Waals surface area contributed by atoms with Crippen LogP contribution in [0.1, 0.15) is 45.4 Å². The van der Waals surface area contributed by atoms with Crippen LogP contribution >= 0.6 is 11.3 Å². The Bertz CT molecular complexity index is 553. The second-order valence-corrected chi connectivity index (χ2v) is 6.15. The molecule has 19 heavy (non-hydrogen) atoms. The van der Waals surface area contributed by atoms with Crippen molar-refractivity contribution in [3.8, 4) is 5.75 Å². The zero-order chi connectivity index (χ0) is 13.8. The molecule has 0 bridgehead atoms. The molecule has 0 unspecified atom stereocenters. The number of hydrogen-bond donors (Lipinski definition) is 0. The van der Waals surface area contributed by atoms with Crippen molar-refractivity contribution < 1.29 is 9.53 Å². The van der Waals surface area contributed by atoms with E-state index < -0.39 is 0 Å². The normalized spacial score (nSPS) is 10.7. The smallest absolute Gasteiger partial charge is 0.160 e. The standard InChI is InChI=1S/C16H18O2S/c1-11(2)13-4-6-15(7-5-13)18-10-14-8-16(9-17)19-12(14)3/h4-9,11H,10H2,1-3H3. The molecule has 0 atom stereocenters. The first-order valence-electron chi connectivity index (χ1n) is 6.37. The molecule has 1 heterocycles. The second-order valence-electron chi connectivity index (χ2n) is 4.86. The van der Waals surface area contributed by atoms with Gasteiger partial charge < -0.3 is 4.74 Å². The molecule has 0 fully saturated rings. The molecule has 2 nitrogen and oxygen atoms in total. The van der Waals surface area contributed by atoms with E-state index in [2.05, 4.69) is 26.0 Å². The first-order chi connectivity index (χ1) is 9.10. The predicted octanol–water partition coefficient (Wildman–Crippen LogP) is 4.57. The van der Waals surface area contributed by atoms with Gasteiger partial charge in [0.1, 0.15) is 12.4 Å². The largest absolute Gasteiger partial charge is 0.489 e. The molecule has 0 aliphatic carbocycles. The van der Waals surface area contributed by atoms with E-state index in [1.54, 1.807) is 0 Å². The van der Waals surface area contributed by atoms with Crippen LogP contribution in [0.25, 0.3) is 0 Å². The number of carbonyl (C=O) groups is 1. The van der Waals surface area contributed by atoms with Crippen LogP contribution in [0.3, 0.4) is 0 Å². The van der Waals surface area contributed by atoms with E-state index in [4.69, 9.17) is 4.74 Å². The summed E-state index contributed by atoms with van der Waals surface area (Å²) in [5, 5.41) is 0. The van der Waals surface area contributed by atoms with Gasteiger partial charge in [-0.15, -0.1) is 11.3 Å². The highest BCUT2D eigenvalue weighted by molar-refractivity contribution is 7.13. The summed E-state index contributed by atoms with van der Waals surface area (Å²) in [6.45, 7) is 6.87. The zero-order valence-electron chi connectivity index (χ0n) is 11.5. The van der Waals surface area contributed by atoms with E-state index in [9.17, 15) is 4.79 Å². The van der Waals surface area contributed by atoms with E-state index in [1.165, 1.54) is 16.9 Å². The van der Waals surface area contributed by atoms with Gasteiger partial charge in [0.2, 0.25) is 0 Å². The molecule has 3 heteroatoms. The summed E-state index contributed by atoms with van der Waals surface area (Å²) in [4.78, 5) is 12.6. The zero-order valence-corrected chi connectivity index (χ0v) is 12.3. The van der Waals surface area contributed by atoms with Crippen LogP contribution in [0.5, 0.6) is 5.75 Å². The van der Waals surface area contributed by atoms with Crippen molar-refractivity contribution in [1.29, 1.82) is 0 Å². The molecular formula is C16H18O2S. The van der Waals surface area contributed by atoms with Gasteiger partial charge >= 0.3 is 0 Å². The minimum Gasteiger partial charge on any atom is -0.489 e. The number of aryl methyl sites for hydroxylation is 1. The van der Waals surface area contributed by atoms with E-state index in [0.29, 0.717) is 12.5 Å². The van der Waals surface area contributed by atoms with Gasteiger partial charge in [-0.2, -0.15) is 0 Å². The first kappa shape index (κ1) is 13.8. The van der Waals surface area contributed by atoms with Crippen molar-refractivity contribution in [2.24, 2.45) is 0 Å². The first-order valence-corrected chi connectivity index (χ1v) is 7.19. The average molecular weight is 274 g/mol. The summed E-state index contributed by atoms with van der Waals surface area (Å²) in [6.07, 6.45) is 0.887. The molecule has 0 saturated heterocycles. The lowest BCUT2D eigenvalue weighted by Crippen LogP contribution is -1.96. The van der Waals surface area contributed by atoms with Gasteiger partial charge in [0.05, 0.1) is 4.88 Å². The topological polar surface area (TPSA) is 26.3 Å². The monoisotopic (exact) mass is 274 g/mol. The maximum Gasteiger partial charge on any atom is 0.160 e. The second kappa shape index (κ2) is 6.02. The SMILES string of the molecule is Cc1sc(C=O)cc1COc1ccc(C(C)C)cc1. The lowest BCUT2D eigenvalue weighted by molar-refractivity contribution is 0.112. The molecular weight excluding hydrogens is 256 g/mol. The molecule has 0 N–H and O–H groups in total. The fourth-order valence-corrected chi connectivity index (χ4v) is 2.71. The Morgan fingerprint density at radius 2 is 1.95 bits per heavy atom. The van der Waals surface area contributed by atoms with Gasteiger partial charge in [0, 0.05) is 10.4 Å². The van der Waals surface area contributed by atoms with Gasteiger partial charge in [-0.3, -0.25) is 4.79 Å². The number of ether oxygens (including phenoxy) is 1. The van der Waals surface area contributed by atoms with Crippen LogP contribution in [0.2, 0.25) is 0 Å². The minimum atomic E-state index is 0.511. The molecule has 2 aromatic rings. The number of hydrogen-bond acceptors (Lipinski definition) is 3. The number of benzene rings is 1. The van der Waals surface area contributed by atoms with Gasteiger partial charge in [-0.25, -0.2) is 0 Å². The van der Waals surface area contributed by atoms with Crippen LogP contribution in [0.15, 0.2) is 30.3 Å². The van der Waals surface area contributed by atoms with Crippen molar-refractivity contribution in [2.75, 3.05) is 0 Å². The Hall–Kier alpha value is -1.61. The van der Waals surface area contributed by atoms with Crippen LogP contribution in [-0.2, 0) is 6.61 Å². The van der Waals surface area contributed by atoms with E-state index in [1.807, 2.05) is 25.1 Å². The van der Waals surface area contributed by atoms with Crippen LogP contribution < -0.4 is 4.74 Å². The summed E-state index contributed by atoms with van der Waals surface area (Å²) in [6, 6.07) is 10.1. The van der Waals surface area contributed by atoms with Crippen LogP contribution in [-0.4, -0.2) is 6.29 Å². The highest BCUT2D eigenvalue weighted by Crippen LogP contribution is 2.23. The fraction of sp³-hybridized carbons (Fsp3) is 0.312. The van der Waals surface area contributed by atoms with Gasteiger partial charge in [-0.05, 0) is 36.6 Å². The summed E-state index contributed by atoms with van der Waals surface area (Å²) in [7, 11) is 0. The molecule has 0 saturated carbocycles. The van der Waals surface area contributed by atoms with Crippen molar-refractivity contribution in [3.63, 3.8) is 0 Å². The summed E-state index contributed by atoms with van der Waals surface area (Å²) in [5.41, 5.74) is 2.39. The lowest BCUT2D eigenvalue weighted by Gasteiger charge is -2.08. The number of carbonyl (C=O) groups excluding carboxylic acids is 1. The molecule has 0 radical (unpaired) electrons. The van der Waals surface area contributed by atoms with Crippen molar-refractivity contribution in [3.05, 3.63) is 51.2 Å². The predicted molar refractivity (Wildman–Crippen MR) is 79.3 cm³/mol. The third kappa shape index (κ3) is 3.44. The Morgan fingerprint density at radius 1 is 1.26 bits per heavy atom. The third-order valence-electron chi connectivity index (χ3n) is 3.10. The van der Waals surface area contributed by atoms with E-state index in [-0.39, 0.29) is 0 Å². The maximum absolute atomic E-state index is 10.7. The third-order valence-corrected chi connectivity index (χ3v) is 4.12. The molecule has 0 aliphatic rings. The molecule has 100 valence electrons. The molecule has 2 rings (SSSR count). The minimum absolute atomic E-state index is 0.511. The molecule has 0 amide bonds. The van der Waals surface area contributed by atoms with Gasteiger partial charge in [0.25, 0.3) is 0 Å². The fourth-order valence-electron chi connectivity index (χ4n) is 1.86. The summed E-state index contributed by atoms with van der Waals surface area (Å²) < 4.78 is 5.76. The van der Waals surface area contributed by atoms with Crippen molar-refractivity contribution in [1.82, 2.24) is 0 Å². The van der Waals surface area contributed by atoms with Crippen LogP contribution in [0.4, 0.5) is 0 Å². The molecule has 0 spiro atoms. The Labute approximate surface area is 118 Å². The Kier molecular flexibility index (Phi) is 4.38. The number of aldehydes is 1.